The van der Waals surface area contributed by atoms with Gasteiger partial charge in [-0.25, -0.2) is 9.18 Å². The van der Waals surface area contributed by atoms with Gasteiger partial charge < -0.3 is 9.47 Å². The first-order valence-electron chi connectivity index (χ1n) is 8.49. The van der Waals surface area contributed by atoms with Gasteiger partial charge in [0.25, 0.3) is 0 Å². The molecule has 0 aromatic heterocycles. The largest absolute Gasteiger partial charge is 0.497 e. The first-order chi connectivity index (χ1) is 13.5. The number of rotatable bonds is 6. The van der Waals surface area contributed by atoms with Gasteiger partial charge in [-0.2, -0.15) is 0 Å². The molecular formula is C23H17FO4. The molecule has 0 saturated carbocycles. The van der Waals surface area contributed by atoms with Gasteiger partial charge in [-0.15, -0.1) is 0 Å². The number of halogens is 1. The molecule has 0 radical (unpaired) electrons. The van der Waals surface area contributed by atoms with Crippen LogP contribution in [0.3, 0.4) is 0 Å². The monoisotopic (exact) mass is 376 g/mol. The third-order valence-electron chi connectivity index (χ3n) is 3.95. The van der Waals surface area contributed by atoms with Crippen LogP contribution in [0.4, 0.5) is 4.39 Å². The highest BCUT2D eigenvalue weighted by molar-refractivity contribution is 6.06. The van der Waals surface area contributed by atoms with Gasteiger partial charge in [-0.3, -0.25) is 4.79 Å². The van der Waals surface area contributed by atoms with Gasteiger partial charge in [0, 0.05) is 5.56 Å². The van der Waals surface area contributed by atoms with Crippen LogP contribution in [0.5, 0.6) is 11.5 Å². The second kappa shape index (κ2) is 8.77. The van der Waals surface area contributed by atoms with E-state index in [0.29, 0.717) is 22.6 Å². The van der Waals surface area contributed by atoms with Crippen molar-refractivity contribution in [3.05, 3.63) is 101 Å². The van der Waals surface area contributed by atoms with Gasteiger partial charge >= 0.3 is 5.97 Å². The Morgan fingerprint density at radius 1 is 0.857 bits per heavy atom. The number of ketones is 1. The smallest absolute Gasteiger partial charge is 0.343 e. The average Bonchev–Trinajstić information content (AvgIpc) is 2.73. The number of carbonyl (C=O) groups excluding carboxylic acids is 2. The highest BCUT2D eigenvalue weighted by Crippen LogP contribution is 2.18. The standard InChI is InChI=1S/C23H17FO4/c1-27-21-4-2-3-18(15-21)23(26)28-20-12-8-17(9-13-20)22(25)14-7-16-5-10-19(24)11-6-16/h2-15H,1H3/b14-7+. The van der Waals surface area contributed by atoms with E-state index in [-0.39, 0.29) is 11.6 Å². The Kier molecular flexibility index (Phi) is 5.97. The summed E-state index contributed by atoms with van der Waals surface area (Å²) in [4.78, 5) is 24.4. The molecular weight excluding hydrogens is 359 g/mol. The van der Waals surface area contributed by atoms with Crippen LogP contribution >= 0.6 is 0 Å². The molecule has 0 amide bonds. The van der Waals surface area contributed by atoms with Crippen LogP contribution in [-0.2, 0) is 0 Å². The van der Waals surface area contributed by atoms with Gasteiger partial charge in [0.2, 0.25) is 0 Å². The van der Waals surface area contributed by atoms with Gasteiger partial charge in [0.15, 0.2) is 5.78 Å². The first kappa shape index (κ1) is 19.0. The fourth-order valence-corrected chi connectivity index (χ4v) is 2.45. The summed E-state index contributed by atoms with van der Waals surface area (Å²) in [5.74, 6) is -0.179. The van der Waals surface area contributed by atoms with Crippen LogP contribution in [0.1, 0.15) is 26.3 Å². The second-order valence-electron chi connectivity index (χ2n) is 5.89. The van der Waals surface area contributed by atoms with Crippen molar-refractivity contribution in [2.75, 3.05) is 7.11 Å². The molecule has 5 heteroatoms. The van der Waals surface area contributed by atoms with Crippen molar-refractivity contribution < 1.29 is 23.5 Å². The maximum absolute atomic E-state index is 12.9. The highest BCUT2D eigenvalue weighted by Gasteiger charge is 2.10. The number of methoxy groups -OCH3 is 1. The van der Waals surface area contributed by atoms with Gasteiger partial charge in [0.05, 0.1) is 12.7 Å². The Bertz CT molecular complexity index is 1010. The molecule has 0 heterocycles. The van der Waals surface area contributed by atoms with Crippen LogP contribution in [0.2, 0.25) is 0 Å². The summed E-state index contributed by atoms with van der Waals surface area (Å²) in [5, 5.41) is 0. The van der Waals surface area contributed by atoms with Crippen LogP contribution in [0.25, 0.3) is 6.08 Å². The topological polar surface area (TPSA) is 52.6 Å². The molecule has 0 unspecified atom stereocenters. The number of allylic oxidation sites excluding steroid dienone is 1. The molecule has 0 aliphatic heterocycles. The van der Waals surface area contributed by atoms with Crippen molar-refractivity contribution in [1.82, 2.24) is 0 Å². The highest BCUT2D eigenvalue weighted by atomic mass is 19.1. The third kappa shape index (κ3) is 4.92. The summed E-state index contributed by atoms with van der Waals surface area (Å²) in [6.45, 7) is 0. The van der Waals surface area contributed by atoms with Gasteiger partial charge in [-0.05, 0) is 66.2 Å². The van der Waals surface area contributed by atoms with E-state index in [2.05, 4.69) is 0 Å². The van der Waals surface area contributed by atoms with Crippen molar-refractivity contribution in [1.29, 1.82) is 0 Å². The lowest BCUT2D eigenvalue weighted by atomic mass is 10.1. The van der Waals surface area contributed by atoms with Crippen LogP contribution in [0, 0.1) is 5.82 Å². The lowest BCUT2D eigenvalue weighted by Gasteiger charge is -2.06. The molecule has 0 fully saturated rings. The molecule has 0 aliphatic carbocycles. The molecule has 3 rings (SSSR count). The maximum Gasteiger partial charge on any atom is 0.343 e. The molecule has 4 nitrogen and oxygen atoms in total. The zero-order valence-corrected chi connectivity index (χ0v) is 15.1. The predicted molar refractivity (Wildman–Crippen MR) is 104 cm³/mol. The summed E-state index contributed by atoms with van der Waals surface area (Å²) in [6.07, 6.45) is 3.02. The normalized spacial score (nSPS) is 10.6. The summed E-state index contributed by atoms with van der Waals surface area (Å²) in [6, 6.07) is 18.7. The first-order valence-corrected chi connectivity index (χ1v) is 8.49. The van der Waals surface area contributed by atoms with Crippen molar-refractivity contribution in [2.45, 2.75) is 0 Å². The average molecular weight is 376 g/mol. The predicted octanol–water partition coefficient (Wildman–Crippen LogP) is 4.95. The summed E-state index contributed by atoms with van der Waals surface area (Å²) in [7, 11) is 1.52. The third-order valence-corrected chi connectivity index (χ3v) is 3.95. The molecule has 0 atom stereocenters. The maximum atomic E-state index is 12.9. The van der Waals surface area contributed by atoms with Crippen molar-refractivity contribution in [3.63, 3.8) is 0 Å². The molecule has 0 spiro atoms. The molecule has 0 aliphatic rings. The Labute approximate surface area is 161 Å². The van der Waals surface area contributed by atoms with Crippen molar-refractivity contribution in [2.24, 2.45) is 0 Å². The van der Waals surface area contributed by atoms with Crippen LogP contribution in [0.15, 0.2) is 78.9 Å². The fraction of sp³-hybridized carbons (Fsp3) is 0.0435. The second-order valence-corrected chi connectivity index (χ2v) is 5.89. The van der Waals surface area contributed by atoms with E-state index >= 15 is 0 Å². The van der Waals surface area contributed by atoms with Crippen LogP contribution < -0.4 is 9.47 Å². The summed E-state index contributed by atoms with van der Waals surface area (Å²) in [5.41, 5.74) is 1.53. The minimum atomic E-state index is -0.519. The lowest BCUT2D eigenvalue weighted by Crippen LogP contribution is -2.08. The molecule has 0 bridgehead atoms. The van der Waals surface area contributed by atoms with Crippen molar-refractivity contribution in [3.8, 4) is 11.5 Å². The van der Waals surface area contributed by atoms with E-state index in [4.69, 9.17) is 9.47 Å². The molecule has 0 N–H and O–H groups in total. The molecule has 28 heavy (non-hydrogen) atoms. The number of carbonyl (C=O) groups is 2. The van der Waals surface area contributed by atoms with E-state index in [9.17, 15) is 14.0 Å². The molecule has 0 saturated heterocycles. The van der Waals surface area contributed by atoms with E-state index in [1.54, 1.807) is 66.7 Å². The minimum absolute atomic E-state index is 0.213. The van der Waals surface area contributed by atoms with Crippen LogP contribution in [-0.4, -0.2) is 18.9 Å². The summed E-state index contributed by atoms with van der Waals surface area (Å²) >= 11 is 0. The zero-order valence-electron chi connectivity index (χ0n) is 15.1. The van der Waals surface area contributed by atoms with E-state index in [0.717, 1.165) is 5.56 Å². The number of ether oxygens (including phenoxy) is 2. The lowest BCUT2D eigenvalue weighted by molar-refractivity contribution is 0.0734. The number of benzene rings is 3. The Morgan fingerprint density at radius 3 is 2.25 bits per heavy atom. The Hall–Kier alpha value is -3.73. The fourth-order valence-electron chi connectivity index (χ4n) is 2.45. The minimum Gasteiger partial charge on any atom is -0.497 e. The van der Waals surface area contributed by atoms with E-state index in [1.807, 2.05) is 0 Å². The molecule has 3 aromatic carbocycles. The SMILES string of the molecule is COc1cccc(C(=O)Oc2ccc(C(=O)/C=C/c3ccc(F)cc3)cc2)c1. The number of esters is 1. The van der Waals surface area contributed by atoms with E-state index in [1.165, 1.54) is 25.3 Å². The van der Waals surface area contributed by atoms with E-state index < -0.39 is 5.97 Å². The van der Waals surface area contributed by atoms with Gasteiger partial charge in [0.1, 0.15) is 17.3 Å². The summed E-state index contributed by atoms with van der Waals surface area (Å²) < 4.78 is 23.3. The van der Waals surface area contributed by atoms with Crippen molar-refractivity contribution >= 4 is 17.8 Å². The Morgan fingerprint density at radius 2 is 1.57 bits per heavy atom. The zero-order chi connectivity index (χ0) is 19.9. The Balaban J connectivity index is 1.64. The molecule has 3 aromatic rings. The quantitative estimate of drug-likeness (QED) is 0.264. The molecule has 140 valence electrons. The van der Waals surface area contributed by atoms with Gasteiger partial charge in [-0.1, -0.05) is 24.3 Å². The number of hydrogen-bond donors (Lipinski definition) is 0. The number of hydrogen-bond acceptors (Lipinski definition) is 4.